The van der Waals surface area contributed by atoms with Gasteiger partial charge in [-0.1, -0.05) is 20.8 Å². The van der Waals surface area contributed by atoms with E-state index in [2.05, 4.69) is 49.8 Å². The lowest BCUT2D eigenvalue weighted by molar-refractivity contribution is -0.0731. The van der Waals surface area contributed by atoms with Crippen LogP contribution in [0.4, 0.5) is 0 Å². The van der Waals surface area contributed by atoms with Crippen LogP contribution < -0.4 is 5.32 Å². The summed E-state index contributed by atoms with van der Waals surface area (Å²) in [5, 5.41) is 8.07. The zero-order valence-corrected chi connectivity index (χ0v) is 13.0. The van der Waals surface area contributed by atoms with Gasteiger partial charge in [0, 0.05) is 6.61 Å². The van der Waals surface area contributed by atoms with E-state index < -0.39 is 0 Å². The van der Waals surface area contributed by atoms with Crippen molar-refractivity contribution in [2.45, 2.75) is 58.6 Å². The van der Waals surface area contributed by atoms with Crippen molar-refractivity contribution in [3.05, 3.63) is 22.4 Å². The van der Waals surface area contributed by atoms with E-state index in [-0.39, 0.29) is 5.60 Å². The summed E-state index contributed by atoms with van der Waals surface area (Å²) in [4.78, 5) is 0. The van der Waals surface area contributed by atoms with Crippen LogP contribution in [0.25, 0.3) is 0 Å². The normalized spacial score (nSPS) is 13.8. The van der Waals surface area contributed by atoms with E-state index in [0.717, 1.165) is 32.4 Å². The molecule has 1 aromatic heterocycles. The van der Waals surface area contributed by atoms with Gasteiger partial charge in [-0.25, -0.2) is 0 Å². The van der Waals surface area contributed by atoms with Gasteiger partial charge < -0.3 is 10.1 Å². The van der Waals surface area contributed by atoms with Gasteiger partial charge in [0.15, 0.2) is 0 Å². The van der Waals surface area contributed by atoms with Crippen LogP contribution in [0, 0.1) is 0 Å². The molecule has 0 bridgehead atoms. The van der Waals surface area contributed by atoms with Crippen molar-refractivity contribution >= 4 is 11.3 Å². The molecule has 104 valence electrons. The summed E-state index contributed by atoms with van der Waals surface area (Å²) < 4.78 is 6.15. The van der Waals surface area contributed by atoms with Crippen molar-refractivity contribution in [3.63, 3.8) is 0 Å². The summed E-state index contributed by atoms with van der Waals surface area (Å²) in [6.45, 7) is 10.6. The lowest BCUT2D eigenvalue weighted by atomic mass is 9.84. The van der Waals surface area contributed by atoms with Gasteiger partial charge in [0.25, 0.3) is 0 Å². The fourth-order valence-electron chi connectivity index (χ4n) is 2.57. The van der Waals surface area contributed by atoms with E-state index >= 15 is 0 Å². The Hall–Kier alpha value is -0.380. The van der Waals surface area contributed by atoms with Crippen LogP contribution in [0.2, 0.25) is 0 Å². The second-order valence-corrected chi connectivity index (χ2v) is 5.43. The second kappa shape index (κ2) is 7.93. The number of thiophene rings is 1. The Morgan fingerprint density at radius 2 is 2.00 bits per heavy atom. The fourth-order valence-corrected chi connectivity index (χ4v) is 3.25. The molecule has 0 spiro atoms. The minimum Gasteiger partial charge on any atom is -0.373 e. The summed E-state index contributed by atoms with van der Waals surface area (Å²) in [5.41, 5.74) is 1.29. The number of hydrogen-bond donors (Lipinski definition) is 1. The molecule has 1 unspecified atom stereocenters. The largest absolute Gasteiger partial charge is 0.373 e. The average molecular weight is 269 g/mol. The molecular formula is C15H27NOS. The molecule has 1 rings (SSSR count). The standard InChI is InChI=1S/C15H27NOS/c1-5-10-16-14(13-9-11-18-12-13)15(6-2,7-3)17-8-4/h9,11-12,14,16H,5-8,10H2,1-4H3. The lowest BCUT2D eigenvalue weighted by Gasteiger charge is -2.40. The zero-order valence-electron chi connectivity index (χ0n) is 12.2. The molecule has 0 aliphatic heterocycles. The van der Waals surface area contributed by atoms with Crippen LogP contribution in [0.15, 0.2) is 16.8 Å². The summed E-state index contributed by atoms with van der Waals surface area (Å²) >= 11 is 1.76. The highest BCUT2D eigenvalue weighted by molar-refractivity contribution is 7.07. The van der Waals surface area contributed by atoms with Crippen LogP contribution in [-0.4, -0.2) is 18.8 Å². The third-order valence-electron chi connectivity index (χ3n) is 3.63. The Morgan fingerprint density at radius 3 is 2.44 bits per heavy atom. The van der Waals surface area contributed by atoms with Crippen molar-refractivity contribution in [1.82, 2.24) is 5.32 Å². The third kappa shape index (κ3) is 3.56. The first kappa shape index (κ1) is 15.7. The topological polar surface area (TPSA) is 21.3 Å². The molecule has 1 heterocycles. The molecule has 3 heteroatoms. The van der Waals surface area contributed by atoms with Gasteiger partial charge in [-0.3, -0.25) is 0 Å². The highest BCUT2D eigenvalue weighted by Gasteiger charge is 2.37. The monoisotopic (exact) mass is 269 g/mol. The summed E-state index contributed by atoms with van der Waals surface area (Å²) in [5.74, 6) is 0. The van der Waals surface area contributed by atoms with Crippen LogP contribution >= 0.6 is 11.3 Å². The van der Waals surface area contributed by atoms with E-state index in [0.29, 0.717) is 6.04 Å². The van der Waals surface area contributed by atoms with Gasteiger partial charge >= 0.3 is 0 Å². The molecule has 0 saturated carbocycles. The average Bonchev–Trinajstić information content (AvgIpc) is 2.91. The van der Waals surface area contributed by atoms with Gasteiger partial charge in [-0.2, -0.15) is 11.3 Å². The van der Waals surface area contributed by atoms with Crippen molar-refractivity contribution in [2.75, 3.05) is 13.2 Å². The van der Waals surface area contributed by atoms with Gasteiger partial charge in [-0.15, -0.1) is 0 Å². The van der Waals surface area contributed by atoms with Crippen molar-refractivity contribution in [3.8, 4) is 0 Å². The number of ether oxygens (including phenoxy) is 1. The van der Waals surface area contributed by atoms with Crippen molar-refractivity contribution in [1.29, 1.82) is 0 Å². The van der Waals surface area contributed by atoms with E-state index in [4.69, 9.17) is 4.74 Å². The Balaban J connectivity index is 2.97. The smallest absolute Gasteiger partial charge is 0.0871 e. The van der Waals surface area contributed by atoms with Gasteiger partial charge in [0.2, 0.25) is 0 Å². The van der Waals surface area contributed by atoms with Crippen molar-refractivity contribution < 1.29 is 4.74 Å². The molecule has 0 fully saturated rings. The summed E-state index contributed by atoms with van der Waals surface area (Å²) in [7, 11) is 0. The van der Waals surface area contributed by atoms with E-state index in [9.17, 15) is 0 Å². The maximum Gasteiger partial charge on any atom is 0.0871 e. The molecular weight excluding hydrogens is 242 g/mol. The minimum atomic E-state index is -0.0784. The van der Waals surface area contributed by atoms with Gasteiger partial charge in [-0.05, 0) is 55.1 Å². The van der Waals surface area contributed by atoms with Gasteiger partial charge in [0.1, 0.15) is 0 Å². The molecule has 1 aromatic rings. The maximum atomic E-state index is 6.15. The van der Waals surface area contributed by atoms with E-state index in [1.165, 1.54) is 5.56 Å². The number of hydrogen-bond acceptors (Lipinski definition) is 3. The Kier molecular flexibility index (Phi) is 6.90. The second-order valence-electron chi connectivity index (χ2n) is 4.65. The highest BCUT2D eigenvalue weighted by Crippen LogP contribution is 2.36. The quantitative estimate of drug-likeness (QED) is 0.718. The molecule has 2 nitrogen and oxygen atoms in total. The summed E-state index contributed by atoms with van der Waals surface area (Å²) in [6.07, 6.45) is 3.22. The molecule has 0 amide bonds. The SMILES string of the molecule is CCCNC(c1ccsc1)C(CC)(CC)OCC. The molecule has 18 heavy (non-hydrogen) atoms. The Labute approximate surface area is 116 Å². The molecule has 0 radical (unpaired) electrons. The minimum absolute atomic E-state index is 0.0784. The maximum absolute atomic E-state index is 6.15. The predicted molar refractivity (Wildman–Crippen MR) is 80.3 cm³/mol. The molecule has 0 aliphatic carbocycles. The Morgan fingerprint density at radius 1 is 1.28 bits per heavy atom. The summed E-state index contributed by atoms with van der Waals surface area (Å²) in [6, 6.07) is 2.52. The van der Waals surface area contributed by atoms with Crippen LogP contribution in [0.3, 0.4) is 0 Å². The lowest BCUT2D eigenvalue weighted by Crippen LogP contribution is -2.45. The van der Waals surface area contributed by atoms with Crippen LogP contribution in [0.5, 0.6) is 0 Å². The first-order valence-electron chi connectivity index (χ1n) is 7.13. The molecule has 0 aliphatic rings. The Bertz CT molecular complexity index is 306. The predicted octanol–water partition coefficient (Wildman–Crippen LogP) is 4.38. The zero-order chi connectivity index (χ0) is 13.4. The molecule has 1 N–H and O–H groups in total. The molecule has 1 atom stereocenters. The third-order valence-corrected chi connectivity index (χ3v) is 4.33. The van der Waals surface area contributed by atoms with E-state index in [1.807, 2.05) is 0 Å². The van der Waals surface area contributed by atoms with Gasteiger partial charge in [0.05, 0.1) is 11.6 Å². The fraction of sp³-hybridized carbons (Fsp3) is 0.733. The van der Waals surface area contributed by atoms with Crippen molar-refractivity contribution in [2.24, 2.45) is 0 Å². The highest BCUT2D eigenvalue weighted by atomic mass is 32.1. The molecule has 0 saturated heterocycles. The first-order chi connectivity index (χ1) is 8.74. The molecule has 0 aromatic carbocycles. The number of rotatable bonds is 9. The first-order valence-corrected chi connectivity index (χ1v) is 8.07. The van der Waals surface area contributed by atoms with E-state index in [1.54, 1.807) is 11.3 Å². The number of nitrogens with one attached hydrogen (secondary N) is 1. The van der Waals surface area contributed by atoms with Crippen LogP contribution in [-0.2, 0) is 4.74 Å². The van der Waals surface area contributed by atoms with Crippen LogP contribution in [0.1, 0.15) is 58.6 Å².